The van der Waals surface area contributed by atoms with E-state index in [1.807, 2.05) is 0 Å². The molecule has 1 N–H and O–H groups in total. The number of benzene rings is 1. The summed E-state index contributed by atoms with van der Waals surface area (Å²) in [5.74, 6) is 1.05. The van der Waals surface area contributed by atoms with Crippen LogP contribution in [0.5, 0.6) is 5.75 Å². The Kier molecular flexibility index (Phi) is 6.10. The summed E-state index contributed by atoms with van der Waals surface area (Å²) in [6.45, 7) is 17.4. The summed E-state index contributed by atoms with van der Waals surface area (Å²) in [7, 11) is 0. The van der Waals surface area contributed by atoms with Crippen molar-refractivity contribution >= 4 is 0 Å². The number of quaternary nitrogens is 1. The minimum Gasteiger partial charge on any atom is -0.493 e. The lowest BCUT2D eigenvalue weighted by Crippen LogP contribution is -3.15. The Morgan fingerprint density at radius 3 is 2.43 bits per heavy atom. The van der Waals surface area contributed by atoms with Crippen molar-refractivity contribution in [2.24, 2.45) is 0 Å². The molecular weight excluding hydrogens is 286 g/mol. The van der Waals surface area contributed by atoms with E-state index in [4.69, 9.17) is 9.47 Å². The molecule has 0 bridgehead atoms. The Labute approximate surface area is 142 Å². The molecule has 0 amide bonds. The largest absolute Gasteiger partial charge is 0.493 e. The molecule has 0 unspecified atom stereocenters. The molecule has 1 aliphatic heterocycles. The van der Waals surface area contributed by atoms with Crippen LogP contribution >= 0.6 is 0 Å². The molecule has 23 heavy (non-hydrogen) atoms. The van der Waals surface area contributed by atoms with Gasteiger partial charge in [0.1, 0.15) is 31.0 Å². The van der Waals surface area contributed by atoms with Gasteiger partial charge < -0.3 is 14.4 Å². The van der Waals surface area contributed by atoms with Crippen molar-refractivity contribution in [2.75, 3.05) is 26.2 Å². The maximum atomic E-state index is 6.14. The van der Waals surface area contributed by atoms with Crippen LogP contribution in [0, 0.1) is 6.92 Å². The van der Waals surface area contributed by atoms with Crippen LogP contribution in [0.2, 0.25) is 0 Å². The van der Waals surface area contributed by atoms with E-state index in [2.05, 4.69) is 59.7 Å². The molecule has 1 aromatic carbocycles. The molecule has 1 heterocycles. The summed E-state index contributed by atoms with van der Waals surface area (Å²) in [5, 5.41) is 0. The summed E-state index contributed by atoms with van der Waals surface area (Å²) < 4.78 is 12.0. The number of morpholine rings is 1. The molecule has 3 nitrogen and oxygen atoms in total. The second-order valence-corrected chi connectivity index (χ2v) is 8.12. The van der Waals surface area contributed by atoms with Crippen LogP contribution in [0.15, 0.2) is 18.2 Å². The number of nitrogens with one attached hydrogen (secondary N) is 1. The van der Waals surface area contributed by atoms with Crippen molar-refractivity contribution < 1.29 is 14.4 Å². The van der Waals surface area contributed by atoms with E-state index in [0.717, 1.165) is 38.4 Å². The van der Waals surface area contributed by atoms with Gasteiger partial charge in [0, 0.05) is 6.42 Å². The Hall–Kier alpha value is -1.06. The normalized spacial score (nSPS) is 25.4. The number of aryl methyl sites for hydroxylation is 1. The van der Waals surface area contributed by atoms with Gasteiger partial charge in [0.15, 0.2) is 0 Å². The molecule has 2 rings (SSSR count). The summed E-state index contributed by atoms with van der Waals surface area (Å²) in [6.07, 6.45) is 1.84. The first-order valence-electron chi connectivity index (χ1n) is 8.98. The Bertz CT molecular complexity index is 497. The minimum atomic E-state index is 0.114. The average Bonchev–Trinajstić information content (AvgIpc) is 2.41. The molecule has 0 radical (unpaired) electrons. The van der Waals surface area contributed by atoms with Gasteiger partial charge in [0.05, 0.1) is 13.2 Å². The third-order valence-corrected chi connectivity index (χ3v) is 4.49. The minimum absolute atomic E-state index is 0.114. The van der Waals surface area contributed by atoms with Crippen molar-refractivity contribution in [3.63, 3.8) is 0 Å². The lowest BCUT2D eigenvalue weighted by atomic mass is 9.86. The maximum Gasteiger partial charge on any atom is 0.123 e. The lowest BCUT2D eigenvalue weighted by molar-refractivity contribution is -0.915. The zero-order valence-electron chi connectivity index (χ0n) is 15.7. The molecule has 0 spiro atoms. The van der Waals surface area contributed by atoms with E-state index in [9.17, 15) is 0 Å². The highest BCUT2D eigenvalue weighted by Crippen LogP contribution is 2.32. The number of rotatable bonds is 5. The van der Waals surface area contributed by atoms with Crippen LogP contribution in [0.1, 0.15) is 52.2 Å². The zero-order chi connectivity index (χ0) is 17.0. The SMILES string of the molecule is Cc1ccc(C(C)(C)C)c(OCCC[NH+]2C[C@@H](C)O[C@H](C)C2)c1. The predicted octanol–water partition coefficient (Wildman–Crippen LogP) is 2.75. The van der Waals surface area contributed by atoms with Crippen LogP contribution in [0.3, 0.4) is 0 Å². The molecule has 130 valence electrons. The monoisotopic (exact) mass is 320 g/mol. The number of hydrogen-bond acceptors (Lipinski definition) is 2. The fourth-order valence-corrected chi connectivity index (χ4v) is 3.47. The summed E-state index contributed by atoms with van der Waals surface area (Å²) >= 11 is 0. The first kappa shape index (κ1) is 18.3. The molecule has 1 saturated heterocycles. The summed E-state index contributed by atoms with van der Waals surface area (Å²) in [6, 6.07) is 6.56. The van der Waals surface area contributed by atoms with Crippen molar-refractivity contribution in [1.82, 2.24) is 0 Å². The quantitative estimate of drug-likeness (QED) is 0.843. The van der Waals surface area contributed by atoms with Gasteiger partial charge in [0.25, 0.3) is 0 Å². The van der Waals surface area contributed by atoms with Crippen LogP contribution in [-0.4, -0.2) is 38.4 Å². The fourth-order valence-electron chi connectivity index (χ4n) is 3.47. The fraction of sp³-hybridized carbons (Fsp3) is 0.700. The standard InChI is InChI=1S/C20H33NO2/c1-15-8-9-18(20(4,5)6)19(12-15)22-11-7-10-21-13-16(2)23-17(3)14-21/h8-9,12,16-17H,7,10-11,13-14H2,1-6H3/p+1/t16-,17-/m1/s1. The van der Waals surface area contributed by atoms with E-state index < -0.39 is 0 Å². The summed E-state index contributed by atoms with van der Waals surface area (Å²) in [4.78, 5) is 1.64. The van der Waals surface area contributed by atoms with Crippen LogP contribution in [0.25, 0.3) is 0 Å². The van der Waals surface area contributed by atoms with E-state index >= 15 is 0 Å². The Morgan fingerprint density at radius 1 is 1.17 bits per heavy atom. The van der Waals surface area contributed by atoms with E-state index in [1.165, 1.54) is 11.1 Å². The zero-order valence-corrected chi connectivity index (χ0v) is 15.7. The van der Waals surface area contributed by atoms with Crippen molar-refractivity contribution in [3.8, 4) is 5.75 Å². The highest BCUT2D eigenvalue weighted by molar-refractivity contribution is 5.41. The molecule has 0 aromatic heterocycles. The van der Waals surface area contributed by atoms with Gasteiger partial charge in [-0.15, -0.1) is 0 Å². The number of ether oxygens (including phenoxy) is 2. The Balaban J connectivity index is 1.86. The second kappa shape index (κ2) is 7.67. The Morgan fingerprint density at radius 2 is 1.83 bits per heavy atom. The highest BCUT2D eigenvalue weighted by atomic mass is 16.5. The van der Waals surface area contributed by atoms with Crippen LogP contribution in [0.4, 0.5) is 0 Å². The highest BCUT2D eigenvalue weighted by Gasteiger charge is 2.25. The molecule has 1 aromatic rings. The third-order valence-electron chi connectivity index (χ3n) is 4.49. The van der Waals surface area contributed by atoms with Crippen molar-refractivity contribution in [1.29, 1.82) is 0 Å². The van der Waals surface area contributed by atoms with Gasteiger partial charge in [-0.3, -0.25) is 0 Å². The van der Waals surface area contributed by atoms with Crippen LogP contribution in [-0.2, 0) is 10.2 Å². The van der Waals surface area contributed by atoms with Crippen molar-refractivity contribution in [3.05, 3.63) is 29.3 Å². The first-order valence-corrected chi connectivity index (χ1v) is 8.98. The molecular formula is C20H34NO2+. The molecule has 2 atom stereocenters. The smallest absolute Gasteiger partial charge is 0.123 e. The lowest BCUT2D eigenvalue weighted by Gasteiger charge is -2.32. The molecule has 1 fully saturated rings. The van der Waals surface area contributed by atoms with Gasteiger partial charge in [-0.2, -0.15) is 0 Å². The molecule has 3 heteroatoms. The molecule has 0 saturated carbocycles. The summed E-state index contributed by atoms with van der Waals surface area (Å²) in [5.41, 5.74) is 2.67. The average molecular weight is 320 g/mol. The van der Waals surface area contributed by atoms with Gasteiger partial charge in [-0.05, 0) is 43.4 Å². The third kappa shape index (κ3) is 5.50. The number of hydrogen-bond donors (Lipinski definition) is 1. The second-order valence-electron chi connectivity index (χ2n) is 8.12. The topological polar surface area (TPSA) is 22.9 Å². The van der Waals surface area contributed by atoms with E-state index in [-0.39, 0.29) is 5.41 Å². The predicted molar refractivity (Wildman–Crippen MR) is 95.6 cm³/mol. The van der Waals surface area contributed by atoms with Gasteiger partial charge in [0.2, 0.25) is 0 Å². The van der Waals surface area contributed by atoms with E-state index in [0.29, 0.717) is 12.2 Å². The first-order chi connectivity index (χ1) is 10.8. The maximum absolute atomic E-state index is 6.14. The molecule has 0 aliphatic carbocycles. The van der Waals surface area contributed by atoms with Crippen molar-refractivity contribution in [2.45, 2.75) is 65.6 Å². The van der Waals surface area contributed by atoms with E-state index in [1.54, 1.807) is 4.90 Å². The van der Waals surface area contributed by atoms with Gasteiger partial charge >= 0.3 is 0 Å². The van der Waals surface area contributed by atoms with Gasteiger partial charge in [-0.1, -0.05) is 32.9 Å². The molecule has 1 aliphatic rings. The van der Waals surface area contributed by atoms with Gasteiger partial charge in [-0.25, -0.2) is 0 Å². The van der Waals surface area contributed by atoms with Crippen LogP contribution < -0.4 is 9.64 Å².